The standard InChI is InChI=1S/C26H28ClN3O2/c1-5-30-24-9-7-19(26(32)29(4)20-8-6-17(2)23(27)15-20)14-22(24)21(16-25(30)31)18-10-12-28(3)13-11-18/h7,9,14-16,18H,5,10-13H2,1-4H3. The first-order valence-corrected chi connectivity index (χ1v) is 11.4. The maximum absolute atomic E-state index is 13.3. The molecule has 2 heterocycles. The lowest BCUT2D eigenvalue weighted by molar-refractivity contribution is 0.0841. The lowest BCUT2D eigenvalue weighted by Gasteiger charge is -2.30. The van der Waals surface area contributed by atoms with Crippen LogP contribution in [0.5, 0.6) is 0 Å². The number of allylic oxidation sites excluding steroid dienone is 3. The van der Waals surface area contributed by atoms with Gasteiger partial charge in [0.25, 0.3) is 11.5 Å². The van der Waals surface area contributed by atoms with Gasteiger partial charge in [0.1, 0.15) is 0 Å². The summed E-state index contributed by atoms with van der Waals surface area (Å²) in [7, 11) is 3.84. The van der Waals surface area contributed by atoms with Crippen molar-refractivity contribution in [1.82, 2.24) is 14.4 Å². The maximum Gasteiger partial charge on any atom is 0.258 e. The predicted octanol–water partition coefficient (Wildman–Crippen LogP) is 4.62. The number of fused-ring (bicyclic) bond motifs is 1. The highest BCUT2D eigenvalue weighted by Gasteiger charge is 2.23. The SMILES string of the molecule is CCn1c(=O)cc(C2CCN(C)CC2)c2cc(C(=O)N(C)C3=C=C=C(C)C(Cl)=C3)ccc21. The molecule has 1 saturated heterocycles. The van der Waals surface area contributed by atoms with Crippen molar-refractivity contribution in [2.75, 3.05) is 27.2 Å². The third kappa shape index (κ3) is 4.13. The van der Waals surface area contributed by atoms with Gasteiger partial charge < -0.3 is 14.4 Å². The molecule has 0 saturated carbocycles. The summed E-state index contributed by atoms with van der Waals surface area (Å²) >= 11 is 6.23. The van der Waals surface area contributed by atoms with Crippen molar-refractivity contribution in [2.45, 2.75) is 39.2 Å². The number of amides is 1. The summed E-state index contributed by atoms with van der Waals surface area (Å²) in [5, 5.41) is 1.53. The molecule has 0 atom stereocenters. The molecule has 1 fully saturated rings. The fraction of sp³-hybridized carbons (Fsp3) is 0.385. The van der Waals surface area contributed by atoms with Gasteiger partial charge in [-0.25, -0.2) is 0 Å². The monoisotopic (exact) mass is 449 g/mol. The van der Waals surface area contributed by atoms with Crippen LogP contribution in [0.2, 0.25) is 0 Å². The first-order chi connectivity index (χ1) is 15.3. The minimum absolute atomic E-state index is 0.0181. The Morgan fingerprint density at radius 3 is 2.59 bits per heavy atom. The third-order valence-corrected chi connectivity index (χ3v) is 6.92. The normalized spacial score (nSPS) is 17.2. The van der Waals surface area contributed by atoms with Gasteiger partial charge in [0.05, 0.1) is 16.2 Å². The van der Waals surface area contributed by atoms with Gasteiger partial charge in [0.15, 0.2) is 0 Å². The minimum Gasteiger partial charge on any atom is -0.309 e. The molecule has 5 nitrogen and oxygen atoms in total. The van der Waals surface area contributed by atoms with Gasteiger partial charge in [0.2, 0.25) is 0 Å². The number of aryl methyl sites for hydroxylation is 1. The van der Waals surface area contributed by atoms with E-state index in [1.54, 1.807) is 29.8 Å². The second kappa shape index (κ2) is 8.97. The van der Waals surface area contributed by atoms with Crippen LogP contribution in [-0.2, 0) is 6.54 Å². The van der Waals surface area contributed by atoms with E-state index < -0.39 is 0 Å². The quantitative estimate of drug-likeness (QED) is 0.639. The first-order valence-electron chi connectivity index (χ1n) is 11.0. The molecule has 166 valence electrons. The molecule has 4 rings (SSSR count). The Morgan fingerprint density at radius 2 is 1.94 bits per heavy atom. The van der Waals surface area contributed by atoms with Crippen molar-refractivity contribution in [3.63, 3.8) is 0 Å². The molecule has 0 N–H and O–H groups in total. The molecular formula is C26H28ClN3O2. The molecule has 6 heteroatoms. The summed E-state index contributed by atoms with van der Waals surface area (Å²) in [6.07, 6.45) is 3.74. The molecule has 1 aromatic carbocycles. The van der Waals surface area contributed by atoms with E-state index in [0.29, 0.717) is 28.8 Å². The third-order valence-electron chi connectivity index (χ3n) is 6.53. The largest absolute Gasteiger partial charge is 0.309 e. The van der Waals surface area contributed by atoms with Gasteiger partial charge in [-0.2, -0.15) is 0 Å². The Kier molecular flexibility index (Phi) is 6.28. The van der Waals surface area contributed by atoms with Crippen molar-refractivity contribution in [1.29, 1.82) is 0 Å². The number of hydrogen-bond acceptors (Lipinski definition) is 3. The number of halogens is 1. The second-order valence-electron chi connectivity index (χ2n) is 8.61. The number of aromatic nitrogens is 1. The molecule has 32 heavy (non-hydrogen) atoms. The molecule has 0 bridgehead atoms. The van der Waals surface area contributed by atoms with Crippen LogP contribution >= 0.6 is 11.6 Å². The van der Waals surface area contributed by atoms with E-state index in [2.05, 4.69) is 23.4 Å². The average molecular weight is 450 g/mol. The number of nitrogens with zero attached hydrogens (tertiary/aromatic N) is 3. The van der Waals surface area contributed by atoms with Crippen LogP contribution in [0.25, 0.3) is 10.9 Å². The second-order valence-corrected chi connectivity index (χ2v) is 9.02. The summed E-state index contributed by atoms with van der Waals surface area (Å²) in [4.78, 5) is 30.0. The Hall–Kier alpha value is -2.81. The van der Waals surface area contributed by atoms with Crippen LogP contribution in [0.3, 0.4) is 0 Å². The van der Waals surface area contributed by atoms with Crippen molar-refractivity contribution in [3.05, 3.63) is 79.6 Å². The average Bonchev–Trinajstić information content (AvgIpc) is 2.79. The predicted molar refractivity (Wildman–Crippen MR) is 129 cm³/mol. The number of carbonyl (C=O) groups excluding carboxylic acids is 1. The van der Waals surface area contributed by atoms with E-state index in [9.17, 15) is 9.59 Å². The zero-order chi connectivity index (χ0) is 23.0. The van der Waals surface area contributed by atoms with E-state index in [-0.39, 0.29) is 11.5 Å². The molecule has 0 spiro atoms. The number of likely N-dealkylation sites (N-methyl/N-ethyl adjacent to an activating group) is 1. The molecular weight excluding hydrogens is 422 g/mol. The van der Waals surface area contributed by atoms with Gasteiger partial charge in [-0.1, -0.05) is 17.3 Å². The fourth-order valence-electron chi connectivity index (χ4n) is 4.49. The number of piperidine rings is 1. The number of benzene rings is 1. The van der Waals surface area contributed by atoms with E-state index in [1.165, 1.54) is 4.90 Å². The molecule has 0 unspecified atom stereocenters. The molecule has 0 radical (unpaired) electrons. The molecule has 1 amide bonds. The lowest BCUT2D eigenvalue weighted by atomic mass is 9.87. The lowest BCUT2D eigenvalue weighted by Crippen LogP contribution is -2.30. The minimum atomic E-state index is -0.153. The number of likely N-dealkylation sites (tertiary alicyclic amines) is 1. The molecule has 1 aliphatic carbocycles. The van der Waals surface area contributed by atoms with Crippen molar-refractivity contribution >= 4 is 28.4 Å². The van der Waals surface area contributed by atoms with Gasteiger partial charge in [-0.15, -0.1) is 0 Å². The highest BCUT2D eigenvalue weighted by molar-refractivity contribution is 6.32. The zero-order valence-corrected chi connectivity index (χ0v) is 19.8. The highest BCUT2D eigenvalue weighted by atomic mass is 35.5. The Labute approximate surface area is 193 Å². The van der Waals surface area contributed by atoms with Crippen LogP contribution in [0, 0.1) is 0 Å². The Bertz CT molecular complexity index is 1280. The van der Waals surface area contributed by atoms with E-state index in [1.807, 2.05) is 26.0 Å². The summed E-state index contributed by atoms with van der Waals surface area (Å²) in [6, 6.07) is 7.41. The molecule has 2 aliphatic rings. The molecule has 1 aliphatic heterocycles. The van der Waals surface area contributed by atoms with Crippen LogP contribution in [0.1, 0.15) is 48.5 Å². The van der Waals surface area contributed by atoms with Crippen LogP contribution < -0.4 is 5.56 Å². The topological polar surface area (TPSA) is 45.6 Å². The number of rotatable bonds is 4. The van der Waals surface area contributed by atoms with Gasteiger partial charge >= 0.3 is 0 Å². The molecule has 1 aromatic heterocycles. The highest BCUT2D eigenvalue weighted by Crippen LogP contribution is 2.33. The number of carbonyl (C=O) groups is 1. The Balaban J connectivity index is 1.80. The van der Waals surface area contributed by atoms with Crippen molar-refractivity contribution in [3.8, 4) is 0 Å². The summed E-state index contributed by atoms with van der Waals surface area (Å²) in [6.45, 7) is 6.42. The van der Waals surface area contributed by atoms with Gasteiger partial charge in [0, 0.05) is 36.2 Å². The van der Waals surface area contributed by atoms with E-state index in [4.69, 9.17) is 11.6 Å². The van der Waals surface area contributed by atoms with Gasteiger partial charge in [-0.05, 0) is 88.3 Å². The Morgan fingerprint density at radius 1 is 1.22 bits per heavy atom. The van der Waals surface area contributed by atoms with E-state index in [0.717, 1.165) is 48.0 Å². The van der Waals surface area contributed by atoms with Crippen molar-refractivity contribution in [2.24, 2.45) is 0 Å². The van der Waals surface area contributed by atoms with Crippen LogP contribution in [0.15, 0.2) is 62.9 Å². The molecule has 2 aromatic rings. The number of hydrogen-bond donors (Lipinski definition) is 0. The summed E-state index contributed by atoms with van der Waals surface area (Å²) in [5.41, 5.74) is 9.86. The van der Waals surface area contributed by atoms with E-state index >= 15 is 0 Å². The fourth-order valence-corrected chi connectivity index (χ4v) is 4.64. The zero-order valence-electron chi connectivity index (χ0n) is 19.0. The maximum atomic E-state index is 13.3. The number of pyridine rings is 1. The first kappa shape index (κ1) is 22.4. The van der Waals surface area contributed by atoms with Gasteiger partial charge in [-0.3, -0.25) is 9.59 Å². The van der Waals surface area contributed by atoms with Crippen molar-refractivity contribution < 1.29 is 4.79 Å². The van der Waals surface area contributed by atoms with Crippen LogP contribution in [-0.4, -0.2) is 47.5 Å². The smallest absolute Gasteiger partial charge is 0.258 e. The summed E-state index contributed by atoms with van der Waals surface area (Å²) in [5.74, 6) is 0.162. The summed E-state index contributed by atoms with van der Waals surface area (Å²) < 4.78 is 1.77. The van der Waals surface area contributed by atoms with Crippen LogP contribution in [0.4, 0.5) is 0 Å².